The van der Waals surface area contributed by atoms with Crippen LogP contribution in [0.1, 0.15) is 45.4 Å². The predicted molar refractivity (Wildman–Crippen MR) is 46.0 cm³/mol. The van der Waals surface area contributed by atoms with E-state index in [9.17, 15) is 0 Å². The van der Waals surface area contributed by atoms with E-state index in [2.05, 4.69) is 19.6 Å². The van der Waals surface area contributed by atoms with Gasteiger partial charge in [0.2, 0.25) is 0 Å². The topological polar surface area (TPSA) is 0 Å². The van der Waals surface area contributed by atoms with Crippen molar-refractivity contribution in [2.24, 2.45) is 5.41 Å². The van der Waals surface area contributed by atoms with Gasteiger partial charge >= 0.3 is 0 Å². The molecular weight excluding hydrogens is 120 g/mol. The molecule has 0 saturated heterocycles. The molecule has 1 aliphatic rings. The zero-order valence-corrected chi connectivity index (χ0v) is 7.03. The predicted octanol–water partition coefficient (Wildman–Crippen LogP) is 3.53. The monoisotopic (exact) mass is 138 g/mol. The minimum atomic E-state index is 0.611. The van der Waals surface area contributed by atoms with Crippen LogP contribution in [0.5, 0.6) is 0 Å². The minimum Gasteiger partial charge on any atom is -0.103 e. The molecule has 1 rings (SSSR count). The summed E-state index contributed by atoms with van der Waals surface area (Å²) in [4.78, 5) is 0. The van der Waals surface area contributed by atoms with E-state index in [1.165, 1.54) is 38.5 Å². The van der Waals surface area contributed by atoms with Gasteiger partial charge in [-0.3, -0.25) is 0 Å². The summed E-state index contributed by atoms with van der Waals surface area (Å²) in [6.07, 6.45) is 10.4. The Morgan fingerprint density at radius 1 is 1.30 bits per heavy atom. The normalized spacial score (nSPS) is 24.1. The van der Waals surface area contributed by atoms with Crippen LogP contribution in [-0.4, -0.2) is 0 Å². The van der Waals surface area contributed by atoms with Gasteiger partial charge < -0.3 is 0 Å². The number of hydrogen-bond donors (Lipinski definition) is 0. The van der Waals surface area contributed by atoms with Gasteiger partial charge in [0.1, 0.15) is 0 Å². The highest BCUT2D eigenvalue weighted by Crippen LogP contribution is 2.38. The lowest BCUT2D eigenvalue weighted by Gasteiger charge is -2.32. The third-order valence-electron chi connectivity index (χ3n) is 2.70. The maximum absolute atomic E-state index is 3.80. The average molecular weight is 138 g/mol. The smallest absolute Gasteiger partial charge is 0.0291 e. The van der Waals surface area contributed by atoms with Gasteiger partial charge in [-0.25, -0.2) is 0 Å². The Bertz CT molecular complexity index is 107. The second-order valence-corrected chi connectivity index (χ2v) is 3.86. The Balaban J connectivity index is 2.39. The Morgan fingerprint density at radius 3 is 2.40 bits per heavy atom. The summed E-state index contributed by atoms with van der Waals surface area (Å²) in [6.45, 7) is 6.20. The van der Waals surface area contributed by atoms with Crippen molar-refractivity contribution in [1.29, 1.82) is 0 Å². The van der Waals surface area contributed by atoms with Gasteiger partial charge in [0, 0.05) is 0 Å². The summed E-state index contributed by atoms with van der Waals surface area (Å²) >= 11 is 0. The Morgan fingerprint density at radius 2 is 1.90 bits per heavy atom. The lowest BCUT2D eigenvalue weighted by atomic mass is 9.74. The van der Waals surface area contributed by atoms with Crippen molar-refractivity contribution < 1.29 is 0 Å². The van der Waals surface area contributed by atoms with Crippen LogP contribution in [0.2, 0.25) is 0 Å². The van der Waals surface area contributed by atoms with E-state index in [0.29, 0.717) is 5.41 Å². The number of allylic oxidation sites excluding steroid dienone is 1. The first-order valence-electron chi connectivity index (χ1n) is 4.38. The maximum Gasteiger partial charge on any atom is -0.0291 e. The van der Waals surface area contributed by atoms with Crippen LogP contribution >= 0.6 is 0 Å². The molecule has 1 saturated carbocycles. The van der Waals surface area contributed by atoms with Crippen LogP contribution in [0.4, 0.5) is 0 Å². The molecule has 0 heteroatoms. The standard InChI is InChI=1S/C10H18/c1-3-7-10(2)8-5-4-6-9-10/h3H,1,4-9H2,2H3. The average Bonchev–Trinajstić information content (AvgIpc) is 1.89. The van der Waals surface area contributed by atoms with E-state index in [1.807, 2.05) is 0 Å². The lowest BCUT2D eigenvalue weighted by molar-refractivity contribution is 0.219. The zero-order valence-electron chi connectivity index (χ0n) is 7.03. The molecule has 0 aromatic heterocycles. The first kappa shape index (κ1) is 7.84. The molecule has 0 N–H and O–H groups in total. The van der Waals surface area contributed by atoms with Crippen LogP contribution in [0.3, 0.4) is 0 Å². The first-order chi connectivity index (χ1) is 4.77. The molecule has 0 aromatic carbocycles. The highest BCUT2D eigenvalue weighted by Gasteiger charge is 2.24. The maximum atomic E-state index is 3.80. The fourth-order valence-electron chi connectivity index (χ4n) is 1.96. The molecule has 0 atom stereocenters. The van der Waals surface area contributed by atoms with Crippen molar-refractivity contribution in [2.45, 2.75) is 45.4 Å². The minimum absolute atomic E-state index is 0.611. The highest BCUT2D eigenvalue weighted by molar-refractivity contribution is 4.85. The van der Waals surface area contributed by atoms with Gasteiger partial charge in [-0.1, -0.05) is 32.3 Å². The Hall–Kier alpha value is -0.260. The summed E-state index contributed by atoms with van der Waals surface area (Å²) in [5.41, 5.74) is 0.611. The van der Waals surface area contributed by atoms with Crippen LogP contribution in [0, 0.1) is 5.41 Å². The van der Waals surface area contributed by atoms with Gasteiger partial charge in [-0.15, -0.1) is 6.58 Å². The van der Waals surface area contributed by atoms with Gasteiger partial charge in [-0.2, -0.15) is 0 Å². The largest absolute Gasteiger partial charge is 0.103 e. The molecule has 0 heterocycles. The summed E-state index contributed by atoms with van der Waals surface area (Å²) in [6, 6.07) is 0. The zero-order chi connectivity index (χ0) is 7.45. The molecule has 0 aromatic rings. The molecular formula is C10H18. The van der Waals surface area contributed by atoms with E-state index in [0.717, 1.165) is 0 Å². The quantitative estimate of drug-likeness (QED) is 0.512. The van der Waals surface area contributed by atoms with E-state index < -0.39 is 0 Å². The van der Waals surface area contributed by atoms with Crippen LogP contribution in [0.15, 0.2) is 12.7 Å². The highest BCUT2D eigenvalue weighted by atomic mass is 14.3. The molecule has 0 aliphatic heterocycles. The first-order valence-corrected chi connectivity index (χ1v) is 4.38. The van der Waals surface area contributed by atoms with Gasteiger partial charge in [0.15, 0.2) is 0 Å². The SMILES string of the molecule is C=CCC1(C)CCCCC1. The second kappa shape index (κ2) is 3.23. The summed E-state index contributed by atoms with van der Waals surface area (Å²) in [7, 11) is 0. The molecule has 0 radical (unpaired) electrons. The summed E-state index contributed by atoms with van der Waals surface area (Å²) < 4.78 is 0. The van der Waals surface area contributed by atoms with E-state index in [4.69, 9.17) is 0 Å². The van der Waals surface area contributed by atoms with Crippen LogP contribution in [-0.2, 0) is 0 Å². The molecule has 10 heavy (non-hydrogen) atoms. The van der Waals surface area contributed by atoms with E-state index in [-0.39, 0.29) is 0 Å². The van der Waals surface area contributed by atoms with Crippen LogP contribution < -0.4 is 0 Å². The second-order valence-electron chi connectivity index (χ2n) is 3.86. The van der Waals surface area contributed by atoms with Crippen molar-refractivity contribution in [3.8, 4) is 0 Å². The van der Waals surface area contributed by atoms with Crippen molar-refractivity contribution in [3.05, 3.63) is 12.7 Å². The van der Waals surface area contributed by atoms with Crippen molar-refractivity contribution in [2.75, 3.05) is 0 Å². The number of rotatable bonds is 2. The fraction of sp³-hybridized carbons (Fsp3) is 0.800. The van der Waals surface area contributed by atoms with Gasteiger partial charge in [0.05, 0.1) is 0 Å². The third-order valence-corrected chi connectivity index (χ3v) is 2.70. The molecule has 0 unspecified atom stereocenters. The van der Waals surface area contributed by atoms with Crippen molar-refractivity contribution in [1.82, 2.24) is 0 Å². The van der Waals surface area contributed by atoms with E-state index in [1.54, 1.807) is 0 Å². The molecule has 0 amide bonds. The van der Waals surface area contributed by atoms with Gasteiger partial charge in [0.25, 0.3) is 0 Å². The Labute approximate surface area is 64.3 Å². The third kappa shape index (κ3) is 1.86. The summed E-state index contributed by atoms with van der Waals surface area (Å²) in [5, 5.41) is 0. The molecule has 0 bridgehead atoms. The molecule has 0 spiro atoms. The van der Waals surface area contributed by atoms with E-state index >= 15 is 0 Å². The fourth-order valence-corrected chi connectivity index (χ4v) is 1.96. The van der Waals surface area contributed by atoms with Gasteiger partial charge in [-0.05, 0) is 24.7 Å². The molecule has 58 valence electrons. The van der Waals surface area contributed by atoms with Crippen LogP contribution in [0.25, 0.3) is 0 Å². The van der Waals surface area contributed by atoms with Crippen molar-refractivity contribution >= 4 is 0 Å². The van der Waals surface area contributed by atoms with Crippen molar-refractivity contribution in [3.63, 3.8) is 0 Å². The molecule has 0 nitrogen and oxygen atoms in total. The Kier molecular flexibility index (Phi) is 2.53. The lowest BCUT2D eigenvalue weighted by Crippen LogP contribution is -2.18. The number of hydrogen-bond acceptors (Lipinski definition) is 0. The summed E-state index contributed by atoms with van der Waals surface area (Å²) in [5.74, 6) is 0. The molecule has 1 fully saturated rings. The molecule has 1 aliphatic carbocycles.